The van der Waals surface area contributed by atoms with Gasteiger partial charge in [0.1, 0.15) is 5.75 Å². The Bertz CT molecular complexity index is 1030. The van der Waals surface area contributed by atoms with Gasteiger partial charge in [-0.3, -0.25) is 9.89 Å². The predicted octanol–water partition coefficient (Wildman–Crippen LogP) is 2.46. The zero-order chi connectivity index (χ0) is 19.3. The summed E-state index contributed by atoms with van der Waals surface area (Å²) in [7, 11) is 0. The average molecular weight is 377 g/mol. The number of carbonyl (C=O) groups excluding carboxylic acids is 1. The molecule has 1 amide bonds. The van der Waals surface area contributed by atoms with Crippen LogP contribution in [-0.2, 0) is 0 Å². The highest BCUT2D eigenvalue weighted by molar-refractivity contribution is 6.07. The Kier molecular flexibility index (Phi) is 4.05. The molecule has 3 N–H and O–H groups in total. The number of aromatic amines is 1. The number of nitrogens with one attached hydrogen (secondary N) is 2. The molecule has 0 unspecified atom stereocenters. The van der Waals surface area contributed by atoms with Crippen molar-refractivity contribution in [1.29, 1.82) is 0 Å². The predicted molar refractivity (Wildman–Crippen MR) is 106 cm³/mol. The van der Waals surface area contributed by atoms with Crippen LogP contribution in [0.5, 0.6) is 5.75 Å². The molecule has 3 aliphatic rings. The summed E-state index contributed by atoms with van der Waals surface area (Å²) in [5.74, 6) is 0.685. The van der Waals surface area contributed by atoms with Crippen molar-refractivity contribution in [3.8, 4) is 17.0 Å². The van der Waals surface area contributed by atoms with Crippen LogP contribution in [0.25, 0.3) is 22.3 Å². The first kappa shape index (κ1) is 17.2. The average Bonchev–Trinajstić information content (AvgIpc) is 3.10. The minimum absolute atomic E-state index is 0.0734. The standard InChI is InChI=1S/C21H23N5O2/c1-12-19-16(21(28)23-18-11-26-8-6-14(18)7-9-26)10-17(22-20(19)25-24-12)13-2-4-15(27)5-3-13/h2-5,10,14,18,27H,6-9,11H2,1H3,(H,23,28)(H,22,24,25)/t18-/m0/s1. The Morgan fingerprint density at radius 3 is 2.68 bits per heavy atom. The summed E-state index contributed by atoms with van der Waals surface area (Å²) in [6.45, 7) is 5.12. The number of amides is 1. The number of nitrogens with zero attached hydrogens (tertiary/aromatic N) is 3. The minimum Gasteiger partial charge on any atom is -0.508 e. The maximum atomic E-state index is 13.3. The summed E-state index contributed by atoms with van der Waals surface area (Å²) < 4.78 is 0. The van der Waals surface area contributed by atoms with Crippen molar-refractivity contribution in [2.75, 3.05) is 19.6 Å². The molecule has 0 saturated carbocycles. The third kappa shape index (κ3) is 2.92. The number of fused-ring (bicyclic) bond motifs is 4. The van der Waals surface area contributed by atoms with Gasteiger partial charge in [0, 0.05) is 23.8 Å². The van der Waals surface area contributed by atoms with Crippen LogP contribution in [0, 0.1) is 12.8 Å². The normalized spacial score (nSPS) is 23.8. The molecule has 3 fully saturated rings. The van der Waals surface area contributed by atoms with E-state index >= 15 is 0 Å². The molecule has 0 radical (unpaired) electrons. The fourth-order valence-electron chi connectivity index (χ4n) is 4.51. The zero-order valence-electron chi connectivity index (χ0n) is 15.8. The van der Waals surface area contributed by atoms with E-state index in [2.05, 4.69) is 25.4 Å². The lowest BCUT2D eigenvalue weighted by Gasteiger charge is -2.44. The lowest BCUT2D eigenvalue weighted by molar-refractivity contribution is 0.0621. The van der Waals surface area contributed by atoms with Crippen LogP contribution >= 0.6 is 0 Å². The van der Waals surface area contributed by atoms with Gasteiger partial charge < -0.3 is 15.3 Å². The first-order valence-corrected chi connectivity index (χ1v) is 9.77. The number of aromatic nitrogens is 3. The van der Waals surface area contributed by atoms with Gasteiger partial charge in [0.05, 0.1) is 16.6 Å². The number of hydrogen-bond donors (Lipinski definition) is 3. The molecule has 0 spiro atoms. The molecule has 3 saturated heterocycles. The van der Waals surface area contributed by atoms with Crippen molar-refractivity contribution >= 4 is 16.9 Å². The van der Waals surface area contributed by atoms with Crippen LogP contribution in [0.3, 0.4) is 0 Å². The summed E-state index contributed by atoms with van der Waals surface area (Å²) in [4.78, 5) is 20.3. The maximum absolute atomic E-state index is 13.3. The van der Waals surface area contributed by atoms with Gasteiger partial charge in [0.15, 0.2) is 5.65 Å². The molecule has 3 aliphatic heterocycles. The number of phenols is 1. The quantitative estimate of drug-likeness (QED) is 0.652. The Morgan fingerprint density at radius 2 is 2.00 bits per heavy atom. The van der Waals surface area contributed by atoms with Gasteiger partial charge in [-0.1, -0.05) is 0 Å². The lowest BCUT2D eigenvalue weighted by atomic mass is 9.84. The lowest BCUT2D eigenvalue weighted by Crippen LogP contribution is -2.57. The van der Waals surface area contributed by atoms with Crippen LogP contribution in [0.1, 0.15) is 28.9 Å². The van der Waals surface area contributed by atoms with Crippen molar-refractivity contribution in [3.05, 3.63) is 41.6 Å². The molecule has 5 heterocycles. The van der Waals surface area contributed by atoms with Crippen LogP contribution in [0.15, 0.2) is 30.3 Å². The number of phenolic OH excluding ortho intramolecular Hbond substituents is 1. The highest BCUT2D eigenvalue weighted by Gasteiger charge is 2.35. The highest BCUT2D eigenvalue weighted by atomic mass is 16.3. The second-order valence-electron chi connectivity index (χ2n) is 7.87. The van der Waals surface area contributed by atoms with E-state index in [0.29, 0.717) is 22.8 Å². The molecule has 7 heteroatoms. The summed E-state index contributed by atoms with van der Waals surface area (Å²) in [5, 5.41) is 20.8. The van der Waals surface area contributed by atoms with E-state index < -0.39 is 0 Å². The molecule has 3 aromatic rings. The van der Waals surface area contributed by atoms with Gasteiger partial charge in [0.25, 0.3) is 5.91 Å². The van der Waals surface area contributed by atoms with Gasteiger partial charge in [-0.15, -0.1) is 0 Å². The molecular weight excluding hydrogens is 354 g/mol. The van der Waals surface area contributed by atoms with Gasteiger partial charge in [-0.05, 0) is 69.1 Å². The molecule has 1 aromatic carbocycles. The van der Waals surface area contributed by atoms with Crippen molar-refractivity contribution < 1.29 is 9.90 Å². The van der Waals surface area contributed by atoms with Crippen molar-refractivity contribution in [2.45, 2.75) is 25.8 Å². The van der Waals surface area contributed by atoms with Crippen LogP contribution < -0.4 is 5.32 Å². The summed E-state index contributed by atoms with van der Waals surface area (Å²) >= 11 is 0. The molecule has 0 aliphatic carbocycles. The van der Waals surface area contributed by atoms with Gasteiger partial charge in [-0.25, -0.2) is 4.98 Å². The number of benzene rings is 1. The van der Waals surface area contributed by atoms with Crippen LogP contribution in [0.2, 0.25) is 0 Å². The van der Waals surface area contributed by atoms with E-state index in [1.54, 1.807) is 24.3 Å². The molecule has 2 bridgehead atoms. The molecule has 28 heavy (non-hydrogen) atoms. The first-order valence-electron chi connectivity index (χ1n) is 9.77. The highest BCUT2D eigenvalue weighted by Crippen LogP contribution is 2.30. The fraction of sp³-hybridized carbons (Fsp3) is 0.381. The number of H-pyrrole nitrogens is 1. The molecule has 144 valence electrons. The number of hydrogen-bond acceptors (Lipinski definition) is 5. The topological polar surface area (TPSA) is 94.1 Å². The Morgan fingerprint density at radius 1 is 1.25 bits per heavy atom. The molecule has 2 aromatic heterocycles. The summed E-state index contributed by atoms with van der Waals surface area (Å²) in [5.41, 5.74) is 3.45. The Labute approximate surface area is 162 Å². The zero-order valence-corrected chi connectivity index (χ0v) is 15.8. The van der Waals surface area contributed by atoms with E-state index in [0.717, 1.165) is 49.1 Å². The summed E-state index contributed by atoms with van der Waals surface area (Å²) in [6.07, 6.45) is 2.31. The number of rotatable bonds is 3. The van der Waals surface area contributed by atoms with Crippen molar-refractivity contribution in [3.63, 3.8) is 0 Å². The van der Waals surface area contributed by atoms with Crippen molar-refractivity contribution in [1.82, 2.24) is 25.4 Å². The molecular formula is C21H23N5O2. The fourth-order valence-corrected chi connectivity index (χ4v) is 4.51. The third-order valence-corrected chi connectivity index (χ3v) is 6.09. The largest absolute Gasteiger partial charge is 0.508 e. The SMILES string of the molecule is Cc1[nH]nc2nc(-c3ccc(O)cc3)cc(C(=O)N[C@H]3CN4CCC3CC4)c12. The number of aromatic hydroxyl groups is 1. The first-order chi connectivity index (χ1) is 13.6. The number of piperidine rings is 3. The molecule has 6 rings (SSSR count). The number of pyridine rings is 1. The van der Waals surface area contributed by atoms with Gasteiger partial charge in [0.2, 0.25) is 0 Å². The van der Waals surface area contributed by atoms with Crippen molar-refractivity contribution in [2.24, 2.45) is 5.92 Å². The Hall–Kier alpha value is -2.93. The monoisotopic (exact) mass is 377 g/mol. The van der Waals surface area contributed by atoms with Gasteiger partial charge in [-0.2, -0.15) is 5.10 Å². The van der Waals surface area contributed by atoms with E-state index in [1.165, 1.54) is 0 Å². The molecule has 1 atom stereocenters. The van der Waals surface area contributed by atoms with E-state index in [4.69, 9.17) is 0 Å². The Balaban J connectivity index is 1.52. The number of carbonyl (C=O) groups is 1. The smallest absolute Gasteiger partial charge is 0.252 e. The van der Waals surface area contributed by atoms with E-state index in [-0.39, 0.29) is 17.7 Å². The van der Waals surface area contributed by atoms with Crippen LogP contribution in [-0.4, -0.2) is 56.8 Å². The van der Waals surface area contributed by atoms with E-state index in [1.807, 2.05) is 13.0 Å². The van der Waals surface area contributed by atoms with Gasteiger partial charge >= 0.3 is 0 Å². The van der Waals surface area contributed by atoms with E-state index in [9.17, 15) is 9.90 Å². The van der Waals surface area contributed by atoms with Crippen LogP contribution in [0.4, 0.5) is 0 Å². The third-order valence-electron chi connectivity index (χ3n) is 6.09. The number of aryl methyl sites for hydroxylation is 1. The molecule has 7 nitrogen and oxygen atoms in total. The second-order valence-corrected chi connectivity index (χ2v) is 7.87. The minimum atomic E-state index is -0.0734. The summed E-state index contributed by atoms with van der Waals surface area (Å²) in [6, 6.07) is 8.83. The maximum Gasteiger partial charge on any atom is 0.252 e. The second kappa shape index (κ2) is 6.60.